The molecular weight excluding hydrogens is 735 g/mol. The van der Waals surface area contributed by atoms with Crippen molar-refractivity contribution >= 4 is 51.4 Å². The van der Waals surface area contributed by atoms with Crippen molar-refractivity contribution < 1.29 is 28.7 Å². The van der Waals surface area contributed by atoms with Gasteiger partial charge in [0.15, 0.2) is 0 Å². The summed E-state index contributed by atoms with van der Waals surface area (Å²) < 4.78 is 11.8. The standard InChI is InChI=1S/C40H51N9O6S/c1-22(2)32(45-39(52)54-5)36(50)47-16-7-9-29(47)34-41-19-28(43-34)25-13-11-24(12-14-25)27-21-56-38-26(27)15-18-49(38)31-20-42-35(44-31)30-10-8-17-48(30)37(51)33(23(3)4)46-40(53)55-6/h11-15,18-19,21-23,29-33H,7-10,16-17,20H2,1-6H3,(H,41,43)(H,42,44)(H,45,52)(H,46,53)/t29?,30?,31?,32-,33-/m0/s1. The van der Waals surface area contributed by atoms with Crippen molar-refractivity contribution in [2.24, 2.45) is 16.8 Å². The molecule has 3 aliphatic heterocycles. The van der Waals surface area contributed by atoms with Gasteiger partial charge in [-0.15, -0.1) is 11.3 Å². The molecule has 4 amide bonds. The second kappa shape index (κ2) is 16.4. The molecule has 7 rings (SSSR count). The van der Waals surface area contributed by atoms with E-state index >= 15 is 0 Å². The number of likely N-dealkylation sites (tertiary alicyclic amines) is 2. The highest BCUT2D eigenvalue weighted by Gasteiger charge is 2.40. The molecule has 1 aromatic carbocycles. The van der Waals surface area contributed by atoms with Crippen molar-refractivity contribution in [3.8, 4) is 22.4 Å². The van der Waals surface area contributed by atoms with Crippen molar-refractivity contribution in [1.82, 2.24) is 40.3 Å². The lowest BCUT2D eigenvalue weighted by Gasteiger charge is -2.31. The molecule has 298 valence electrons. The second-order valence-electron chi connectivity index (χ2n) is 15.3. The number of thiophene rings is 1. The van der Waals surface area contributed by atoms with Crippen LogP contribution in [0.3, 0.4) is 0 Å². The molecule has 0 radical (unpaired) electrons. The Labute approximate surface area is 330 Å². The van der Waals surface area contributed by atoms with Crippen LogP contribution in [0.4, 0.5) is 9.59 Å². The van der Waals surface area contributed by atoms with Gasteiger partial charge < -0.3 is 44.8 Å². The minimum Gasteiger partial charge on any atom is -0.453 e. The molecule has 5 atom stereocenters. The number of carbonyl (C=O) groups excluding carboxylic acids is 4. The van der Waals surface area contributed by atoms with Gasteiger partial charge >= 0.3 is 12.2 Å². The van der Waals surface area contributed by atoms with Gasteiger partial charge in [0.2, 0.25) is 11.8 Å². The lowest BCUT2D eigenvalue weighted by Crippen LogP contribution is -2.55. The van der Waals surface area contributed by atoms with Crippen LogP contribution in [-0.2, 0) is 19.1 Å². The Kier molecular flexibility index (Phi) is 11.4. The van der Waals surface area contributed by atoms with Crippen LogP contribution >= 0.6 is 11.3 Å². The van der Waals surface area contributed by atoms with Crippen LogP contribution in [-0.4, -0.2) is 106 Å². The summed E-state index contributed by atoms with van der Waals surface area (Å²) in [5.74, 6) is 1.07. The normalized spacial score (nSPS) is 20.6. The number of amidine groups is 1. The van der Waals surface area contributed by atoms with Gasteiger partial charge in [-0.05, 0) is 54.7 Å². The number of benzene rings is 1. The number of fused-ring (bicyclic) bond motifs is 1. The number of carbonyl (C=O) groups is 4. The van der Waals surface area contributed by atoms with Gasteiger partial charge in [0.25, 0.3) is 0 Å². The van der Waals surface area contributed by atoms with Crippen LogP contribution in [0.15, 0.2) is 53.1 Å². The topological polar surface area (TPSA) is 175 Å². The maximum absolute atomic E-state index is 13.6. The van der Waals surface area contributed by atoms with Crippen molar-refractivity contribution in [2.45, 2.75) is 83.7 Å². The number of hydrogen-bond acceptors (Lipinski definition) is 10. The minimum atomic E-state index is -0.687. The van der Waals surface area contributed by atoms with Crippen LogP contribution in [0.1, 0.15) is 71.4 Å². The Balaban J connectivity index is 1.01. The Bertz CT molecular complexity index is 2100. The zero-order valence-corrected chi connectivity index (χ0v) is 33.5. The molecule has 0 saturated carbocycles. The Morgan fingerprint density at radius 3 is 2.04 bits per heavy atom. The summed E-state index contributed by atoms with van der Waals surface area (Å²) in [6.45, 7) is 9.39. The number of aromatic nitrogens is 3. The van der Waals surface area contributed by atoms with Crippen LogP contribution in [0, 0.1) is 11.8 Å². The lowest BCUT2D eigenvalue weighted by atomic mass is 10.0. The van der Waals surface area contributed by atoms with Gasteiger partial charge in [0.05, 0.1) is 44.7 Å². The van der Waals surface area contributed by atoms with Crippen LogP contribution in [0.5, 0.6) is 0 Å². The number of aromatic amines is 1. The zero-order valence-electron chi connectivity index (χ0n) is 32.7. The average Bonchev–Trinajstić information content (AvgIpc) is 4.04. The van der Waals surface area contributed by atoms with E-state index in [-0.39, 0.29) is 41.9 Å². The van der Waals surface area contributed by atoms with Crippen molar-refractivity contribution in [3.05, 3.63) is 53.9 Å². The van der Waals surface area contributed by atoms with Crippen molar-refractivity contribution in [1.29, 1.82) is 0 Å². The molecule has 0 aliphatic carbocycles. The third kappa shape index (κ3) is 7.58. The molecule has 56 heavy (non-hydrogen) atoms. The molecule has 4 aromatic rings. The van der Waals surface area contributed by atoms with Crippen LogP contribution < -0.4 is 16.0 Å². The molecule has 3 aliphatic rings. The highest BCUT2D eigenvalue weighted by molar-refractivity contribution is 7.17. The minimum absolute atomic E-state index is 0.0796. The summed E-state index contributed by atoms with van der Waals surface area (Å²) in [6.07, 6.45) is 5.90. The van der Waals surface area contributed by atoms with Gasteiger partial charge in [-0.25, -0.2) is 14.6 Å². The number of rotatable bonds is 11. The van der Waals surface area contributed by atoms with E-state index in [0.29, 0.717) is 19.6 Å². The molecule has 2 saturated heterocycles. The van der Waals surface area contributed by atoms with Gasteiger partial charge in [-0.1, -0.05) is 52.0 Å². The van der Waals surface area contributed by atoms with E-state index in [1.807, 2.05) is 43.7 Å². The summed E-state index contributed by atoms with van der Waals surface area (Å²) in [6, 6.07) is 8.80. The number of methoxy groups -OCH3 is 2. The van der Waals surface area contributed by atoms with E-state index in [9.17, 15) is 19.2 Å². The van der Waals surface area contributed by atoms with Crippen molar-refractivity contribution in [2.75, 3.05) is 33.9 Å². The number of imidazole rings is 1. The number of hydrogen-bond donors (Lipinski definition) is 4. The SMILES string of the molecule is COC(=O)N[C@H](C(=O)N1CCCC1C1=NCC(n2ccc3c(-c4ccc(-c5cnc(C6CCCN6C(=O)[C@@H](NC(=O)OC)C(C)C)[nH]5)cc4)csc32)N1)C(C)C. The predicted molar refractivity (Wildman–Crippen MR) is 214 cm³/mol. The van der Waals surface area contributed by atoms with E-state index in [0.717, 1.165) is 69.9 Å². The fraction of sp³-hybridized carbons (Fsp3) is 0.500. The molecule has 2 fully saturated rings. The van der Waals surface area contributed by atoms with Gasteiger partial charge in [0.1, 0.15) is 34.7 Å². The molecule has 15 nitrogen and oxygen atoms in total. The molecule has 4 N–H and O–H groups in total. The number of amides is 4. The third-order valence-corrected chi connectivity index (χ3v) is 12.1. The van der Waals surface area contributed by atoms with Gasteiger partial charge in [0, 0.05) is 35.6 Å². The monoisotopic (exact) mass is 785 g/mol. The fourth-order valence-electron chi connectivity index (χ4n) is 8.08. The molecule has 3 aromatic heterocycles. The van der Waals surface area contributed by atoms with Crippen LogP contribution in [0.2, 0.25) is 0 Å². The van der Waals surface area contributed by atoms with E-state index in [1.54, 1.807) is 11.3 Å². The number of alkyl carbamates (subject to hydrolysis) is 2. The van der Waals surface area contributed by atoms with E-state index in [4.69, 9.17) is 19.5 Å². The lowest BCUT2D eigenvalue weighted by molar-refractivity contribution is -0.135. The molecule has 16 heteroatoms. The maximum atomic E-state index is 13.6. The summed E-state index contributed by atoms with van der Waals surface area (Å²) in [5, 5.41) is 12.4. The predicted octanol–water partition coefficient (Wildman–Crippen LogP) is 5.68. The van der Waals surface area contributed by atoms with Crippen LogP contribution in [0.25, 0.3) is 32.6 Å². The number of ether oxygens (including phenoxy) is 2. The highest BCUT2D eigenvalue weighted by Crippen LogP contribution is 2.38. The average molecular weight is 786 g/mol. The van der Waals surface area contributed by atoms with Gasteiger partial charge in [-0.3, -0.25) is 14.6 Å². The molecule has 3 unspecified atom stereocenters. The first-order chi connectivity index (χ1) is 27.0. The highest BCUT2D eigenvalue weighted by atomic mass is 32.1. The van der Waals surface area contributed by atoms with Crippen molar-refractivity contribution in [3.63, 3.8) is 0 Å². The Morgan fingerprint density at radius 2 is 1.43 bits per heavy atom. The first-order valence-electron chi connectivity index (χ1n) is 19.3. The second-order valence-corrected chi connectivity index (χ2v) is 16.2. The van der Waals surface area contributed by atoms with E-state index < -0.39 is 24.3 Å². The number of aliphatic imine (C=N–C) groups is 1. The molecule has 0 bridgehead atoms. The molecule has 6 heterocycles. The summed E-state index contributed by atoms with van der Waals surface area (Å²) >= 11 is 1.69. The quantitative estimate of drug-likeness (QED) is 0.150. The maximum Gasteiger partial charge on any atom is 0.407 e. The van der Waals surface area contributed by atoms with E-state index in [2.05, 4.69) is 67.4 Å². The molecule has 0 spiro atoms. The first kappa shape index (κ1) is 38.9. The fourth-order valence-corrected chi connectivity index (χ4v) is 9.19. The zero-order chi connectivity index (χ0) is 39.7. The summed E-state index contributed by atoms with van der Waals surface area (Å²) in [7, 11) is 2.59. The smallest absolute Gasteiger partial charge is 0.407 e. The summed E-state index contributed by atoms with van der Waals surface area (Å²) in [5.41, 5.74) is 4.09. The number of nitrogens with one attached hydrogen (secondary N) is 4. The number of H-pyrrole nitrogens is 1. The number of nitrogens with zero attached hydrogens (tertiary/aromatic N) is 5. The van der Waals surface area contributed by atoms with Gasteiger partial charge in [-0.2, -0.15) is 0 Å². The Morgan fingerprint density at radius 1 is 0.839 bits per heavy atom. The Hall–Kier alpha value is -5.38. The largest absolute Gasteiger partial charge is 0.453 e. The third-order valence-electron chi connectivity index (χ3n) is 11.1. The van der Waals surface area contributed by atoms with E-state index in [1.165, 1.54) is 14.2 Å². The summed E-state index contributed by atoms with van der Waals surface area (Å²) in [4.78, 5) is 69.0. The molecular formula is C40H51N9O6S. The first-order valence-corrected chi connectivity index (χ1v) is 20.2.